The Morgan fingerprint density at radius 1 is 1.03 bits per heavy atom. The van der Waals surface area contributed by atoms with Gasteiger partial charge in [-0.2, -0.15) is 0 Å². The molecule has 2 aromatic rings. The van der Waals surface area contributed by atoms with Gasteiger partial charge in [-0.1, -0.05) is 48.2 Å². The quantitative estimate of drug-likeness (QED) is 0.401. The Morgan fingerprint density at radius 3 is 2.34 bits per heavy atom. The van der Waals surface area contributed by atoms with Crippen LogP contribution in [-0.2, 0) is 18.9 Å². The maximum atomic E-state index is 16.2. The summed E-state index contributed by atoms with van der Waals surface area (Å²) in [6, 6.07) is 13.5. The third kappa shape index (κ3) is 5.83. The van der Waals surface area contributed by atoms with Gasteiger partial charge in [0.25, 0.3) is 0 Å². The summed E-state index contributed by atoms with van der Waals surface area (Å²) in [5.41, 5.74) is -0.897. The van der Waals surface area contributed by atoms with Crippen molar-refractivity contribution < 1.29 is 37.7 Å². The maximum Gasteiger partial charge on any atom is 0.416 e. The number of thioether (sulfide) groups is 1. The molecule has 2 aromatic carbocycles. The van der Waals surface area contributed by atoms with Crippen molar-refractivity contribution >= 4 is 35.0 Å². The molecule has 0 bridgehead atoms. The van der Waals surface area contributed by atoms with Crippen LogP contribution in [0.4, 0.5) is 9.18 Å². The number of carbonyl (C=O) groups is 3. The normalized spacial score (nSPS) is 24.6. The van der Waals surface area contributed by atoms with Gasteiger partial charge in [0.05, 0.1) is 18.2 Å². The van der Waals surface area contributed by atoms with Crippen molar-refractivity contribution in [2.24, 2.45) is 4.99 Å². The largest absolute Gasteiger partial charge is 0.465 e. The zero-order chi connectivity index (χ0) is 27.6. The van der Waals surface area contributed by atoms with E-state index in [1.54, 1.807) is 69.3 Å². The van der Waals surface area contributed by atoms with E-state index in [0.29, 0.717) is 5.56 Å². The molecular weight excluding hydrogens is 515 g/mol. The number of methoxy groups -OCH3 is 1. The Bertz CT molecular complexity index is 1230. The molecule has 11 heteroatoms. The van der Waals surface area contributed by atoms with Gasteiger partial charge in [0.2, 0.25) is 0 Å². The van der Waals surface area contributed by atoms with Crippen LogP contribution >= 0.6 is 11.8 Å². The summed E-state index contributed by atoms with van der Waals surface area (Å²) in [4.78, 5) is 43.6. The lowest BCUT2D eigenvalue weighted by molar-refractivity contribution is -0.138. The fourth-order valence-corrected chi connectivity index (χ4v) is 5.21. The Hall–Kier alpha value is -3.44. The zero-order valence-electron chi connectivity index (χ0n) is 21.6. The van der Waals surface area contributed by atoms with Crippen molar-refractivity contribution in [1.29, 1.82) is 0 Å². The highest BCUT2D eigenvalue weighted by Crippen LogP contribution is 2.45. The standard InChI is InChI=1S/C27H29FN2O7S/c1-27(2,3)37-26(33)30(4)25-29-19-18(28)21(35-22(31)15-11-7-6-8-12-15)20(36-24(19)38-25)16-13-9-10-14-17(16)23(32)34-5/h6-14,18-21,24H,1-5H3/t18-,19-,20-,21+,24-/m1/s1. The number of fused-ring (bicyclic) bond motifs is 1. The number of nitrogens with zero attached hydrogens (tertiary/aromatic N) is 2. The van der Waals surface area contributed by atoms with Crippen molar-refractivity contribution in [3.63, 3.8) is 0 Å². The van der Waals surface area contributed by atoms with Gasteiger partial charge in [0, 0.05) is 7.05 Å². The molecule has 2 heterocycles. The minimum Gasteiger partial charge on any atom is -0.465 e. The van der Waals surface area contributed by atoms with Gasteiger partial charge in [-0.15, -0.1) is 0 Å². The predicted molar refractivity (Wildman–Crippen MR) is 139 cm³/mol. The number of hydrogen-bond donors (Lipinski definition) is 0. The number of aliphatic imine (C=N–C) groups is 1. The minimum atomic E-state index is -1.81. The van der Waals surface area contributed by atoms with Crippen LogP contribution < -0.4 is 0 Å². The second-order valence-corrected chi connectivity index (χ2v) is 10.8. The number of rotatable bonds is 4. The van der Waals surface area contributed by atoms with Crippen molar-refractivity contribution in [3.05, 3.63) is 71.3 Å². The number of benzene rings is 2. The van der Waals surface area contributed by atoms with E-state index in [0.717, 1.165) is 11.8 Å². The van der Waals surface area contributed by atoms with Gasteiger partial charge in [-0.3, -0.25) is 9.89 Å². The fourth-order valence-electron chi connectivity index (χ4n) is 4.06. The third-order valence-corrected chi connectivity index (χ3v) is 7.07. The summed E-state index contributed by atoms with van der Waals surface area (Å²) in [6.07, 6.45) is -5.06. The van der Waals surface area contributed by atoms with Gasteiger partial charge in [-0.05, 0) is 44.5 Å². The molecule has 2 aliphatic heterocycles. The van der Waals surface area contributed by atoms with Crippen LogP contribution in [0.5, 0.6) is 0 Å². The molecule has 0 N–H and O–H groups in total. The number of halogens is 1. The first-order chi connectivity index (χ1) is 18.0. The molecule has 0 spiro atoms. The smallest absolute Gasteiger partial charge is 0.416 e. The van der Waals surface area contributed by atoms with Crippen molar-refractivity contribution in [2.45, 2.75) is 56.2 Å². The zero-order valence-corrected chi connectivity index (χ0v) is 22.4. The first-order valence-corrected chi connectivity index (χ1v) is 12.8. The van der Waals surface area contributed by atoms with Crippen molar-refractivity contribution in [3.8, 4) is 0 Å². The summed E-state index contributed by atoms with van der Waals surface area (Å²) < 4.78 is 38.4. The van der Waals surface area contributed by atoms with Gasteiger partial charge < -0.3 is 18.9 Å². The lowest BCUT2D eigenvalue weighted by Crippen LogP contribution is -2.51. The highest BCUT2D eigenvalue weighted by Gasteiger charge is 2.53. The molecule has 5 atom stereocenters. The fraction of sp³-hybridized carbons (Fsp3) is 0.407. The number of amidine groups is 1. The monoisotopic (exact) mass is 544 g/mol. The molecule has 9 nitrogen and oxygen atoms in total. The summed E-state index contributed by atoms with van der Waals surface area (Å²) in [5.74, 6) is -1.39. The Morgan fingerprint density at radius 2 is 1.68 bits per heavy atom. The SMILES string of the molecule is COC(=O)c1ccccc1[C@H]1O[C@@H]2SC(N(C)C(=O)OC(C)(C)C)=N[C@@H]2[C@@H](F)[C@@H]1OC(=O)c1ccccc1. The lowest BCUT2D eigenvalue weighted by Gasteiger charge is -2.39. The topological polar surface area (TPSA) is 104 Å². The summed E-state index contributed by atoms with van der Waals surface area (Å²) in [7, 11) is 2.71. The predicted octanol–water partition coefficient (Wildman–Crippen LogP) is 4.77. The molecule has 1 saturated heterocycles. The molecular formula is C27H29FN2O7S. The molecule has 0 radical (unpaired) electrons. The number of hydrogen-bond acceptors (Lipinski definition) is 9. The van der Waals surface area contributed by atoms with Gasteiger partial charge in [-0.25, -0.2) is 18.8 Å². The van der Waals surface area contributed by atoms with E-state index >= 15 is 4.39 Å². The Balaban J connectivity index is 1.67. The summed E-state index contributed by atoms with van der Waals surface area (Å²) in [5, 5.41) is 0.201. The van der Waals surface area contributed by atoms with Crippen LogP contribution in [0, 0.1) is 0 Å². The van der Waals surface area contributed by atoms with Crippen LogP contribution in [0.25, 0.3) is 0 Å². The molecule has 1 fully saturated rings. The molecule has 1 amide bonds. The van der Waals surface area contributed by atoms with Crippen molar-refractivity contribution in [1.82, 2.24) is 4.90 Å². The van der Waals surface area contributed by atoms with Crippen LogP contribution in [0.2, 0.25) is 0 Å². The second kappa shape index (κ2) is 11.1. The van der Waals surface area contributed by atoms with Crippen molar-refractivity contribution in [2.75, 3.05) is 14.2 Å². The summed E-state index contributed by atoms with van der Waals surface area (Å²) >= 11 is 1.05. The number of amides is 1. The maximum absolute atomic E-state index is 16.2. The molecule has 202 valence electrons. The Labute approximate surface area is 224 Å². The van der Waals surface area contributed by atoms with Crippen LogP contribution in [0.3, 0.4) is 0 Å². The highest BCUT2D eigenvalue weighted by atomic mass is 32.2. The van der Waals surface area contributed by atoms with Gasteiger partial charge in [0.1, 0.15) is 23.2 Å². The molecule has 4 rings (SSSR count). The van der Waals surface area contributed by atoms with E-state index in [1.165, 1.54) is 25.1 Å². The average Bonchev–Trinajstić information content (AvgIpc) is 3.33. The van der Waals surface area contributed by atoms with Crippen LogP contribution in [0.15, 0.2) is 59.6 Å². The minimum absolute atomic E-state index is 0.154. The molecule has 0 aromatic heterocycles. The number of ether oxygens (including phenoxy) is 4. The summed E-state index contributed by atoms with van der Waals surface area (Å²) in [6.45, 7) is 5.20. The van der Waals surface area contributed by atoms with E-state index < -0.39 is 53.5 Å². The third-order valence-electron chi connectivity index (χ3n) is 5.86. The highest BCUT2D eigenvalue weighted by molar-refractivity contribution is 8.14. The average molecular weight is 545 g/mol. The Kier molecular flexibility index (Phi) is 8.08. The number of esters is 2. The first kappa shape index (κ1) is 27.6. The van der Waals surface area contributed by atoms with E-state index in [-0.39, 0.29) is 16.3 Å². The van der Waals surface area contributed by atoms with E-state index in [1.807, 2.05) is 0 Å². The van der Waals surface area contributed by atoms with Gasteiger partial charge in [0.15, 0.2) is 17.4 Å². The molecule has 0 saturated carbocycles. The lowest BCUT2D eigenvalue weighted by atomic mass is 9.91. The van der Waals surface area contributed by atoms with E-state index in [4.69, 9.17) is 18.9 Å². The van der Waals surface area contributed by atoms with E-state index in [9.17, 15) is 14.4 Å². The second-order valence-electron chi connectivity index (χ2n) is 9.74. The van der Waals surface area contributed by atoms with E-state index in [2.05, 4.69) is 4.99 Å². The molecule has 38 heavy (non-hydrogen) atoms. The number of alkyl halides is 1. The molecule has 0 unspecified atom stereocenters. The van der Waals surface area contributed by atoms with Crippen LogP contribution in [0.1, 0.15) is 53.2 Å². The van der Waals surface area contributed by atoms with Crippen LogP contribution in [-0.4, -0.2) is 71.6 Å². The number of carbonyl (C=O) groups excluding carboxylic acids is 3. The molecule has 2 aliphatic rings. The molecule has 0 aliphatic carbocycles. The first-order valence-electron chi connectivity index (χ1n) is 11.9. The van der Waals surface area contributed by atoms with Gasteiger partial charge >= 0.3 is 18.0 Å².